The van der Waals surface area contributed by atoms with E-state index in [2.05, 4.69) is 4.98 Å². The quantitative estimate of drug-likeness (QED) is 0.825. The molecular formula is C9H7F5N2O2. The van der Waals surface area contributed by atoms with Gasteiger partial charge in [0, 0.05) is 12.1 Å². The number of rotatable bonds is 3. The van der Waals surface area contributed by atoms with Gasteiger partial charge in [-0.2, -0.15) is 13.2 Å². The van der Waals surface area contributed by atoms with Crippen molar-refractivity contribution in [1.82, 2.24) is 4.98 Å². The molecule has 1 heterocycles. The molecule has 0 aliphatic carbocycles. The van der Waals surface area contributed by atoms with E-state index < -0.39 is 41.9 Å². The molecule has 100 valence electrons. The zero-order valence-electron chi connectivity index (χ0n) is 8.63. The molecule has 1 aromatic heterocycles. The number of pyridine rings is 1. The minimum atomic E-state index is -5.24. The van der Waals surface area contributed by atoms with Crippen molar-refractivity contribution in [3.63, 3.8) is 0 Å². The third-order valence-corrected chi connectivity index (χ3v) is 2.03. The fourth-order valence-electron chi connectivity index (χ4n) is 1.35. The molecule has 4 nitrogen and oxygen atoms in total. The minimum absolute atomic E-state index is 0.351. The van der Waals surface area contributed by atoms with E-state index in [4.69, 9.17) is 10.8 Å². The zero-order chi connectivity index (χ0) is 14.1. The first kappa shape index (κ1) is 14.3. The zero-order valence-corrected chi connectivity index (χ0v) is 8.63. The molecule has 9 heteroatoms. The summed E-state index contributed by atoms with van der Waals surface area (Å²) in [6, 6.07) is 0.458. The molecule has 0 aromatic carbocycles. The van der Waals surface area contributed by atoms with Crippen LogP contribution in [0.15, 0.2) is 6.07 Å². The second-order valence-corrected chi connectivity index (χ2v) is 3.23. The fraction of sp³-hybridized carbons (Fsp3) is 0.333. The lowest BCUT2D eigenvalue weighted by Crippen LogP contribution is -2.20. The third-order valence-electron chi connectivity index (χ3n) is 2.03. The summed E-state index contributed by atoms with van der Waals surface area (Å²) in [5.41, 5.74) is -0.135. The van der Waals surface area contributed by atoms with Crippen molar-refractivity contribution in [3.8, 4) is 0 Å². The Morgan fingerprint density at radius 2 is 2.00 bits per heavy atom. The van der Waals surface area contributed by atoms with Crippen molar-refractivity contribution < 1.29 is 31.9 Å². The fourth-order valence-corrected chi connectivity index (χ4v) is 1.35. The molecule has 0 aliphatic heterocycles. The van der Waals surface area contributed by atoms with Crippen LogP contribution in [0.5, 0.6) is 0 Å². The first-order chi connectivity index (χ1) is 8.18. The van der Waals surface area contributed by atoms with Crippen LogP contribution >= 0.6 is 0 Å². The summed E-state index contributed by atoms with van der Waals surface area (Å²) in [6.45, 7) is -0.446. The third kappa shape index (κ3) is 2.73. The van der Waals surface area contributed by atoms with E-state index in [0.29, 0.717) is 6.07 Å². The molecule has 0 aliphatic rings. The van der Waals surface area contributed by atoms with Gasteiger partial charge in [-0.1, -0.05) is 0 Å². The highest BCUT2D eigenvalue weighted by atomic mass is 19.4. The van der Waals surface area contributed by atoms with E-state index in [1.807, 2.05) is 0 Å². The number of halogens is 5. The first-order valence-electron chi connectivity index (χ1n) is 4.51. The lowest BCUT2D eigenvalue weighted by Gasteiger charge is -2.15. The Kier molecular flexibility index (Phi) is 3.85. The maximum atomic E-state index is 12.6. The lowest BCUT2D eigenvalue weighted by atomic mass is 10.0. The maximum Gasteiger partial charge on any atom is 0.419 e. The largest absolute Gasteiger partial charge is 0.476 e. The van der Waals surface area contributed by atoms with Crippen LogP contribution in [0.2, 0.25) is 0 Å². The van der Waals surface area contributed by atoms with Crippen LogP contribution in [-0.2, 0) is 12.7 Å². The Hall–Kier alpha value is -1.77. The highest BCUT2D eigenvalue weighted by Gasteiger charge is 2.41. The number of alkyl halides is 5. The van der Waals surface area contributed by atoms with Gasteiger partial charge in [-0.05, 0) is 6.07 Å². The second kappa shape index (κ2) is 4.84. The Bertz CT molecular complexity index is 473. The van der Waals surface area contributed by atoms with Gasteiger partial charge in [0.25, 0.3) is 6.43 Å². The van der Waals surface area contributed by atoms with Crippen molar-refractivity contribution in [2.45, 2.75) is 19.1 Å². The van der Waals surface area contributed by atoms with Crippen molar-refractivity contribution in [2.24, 2.45) is 5.73 Å². The molecule has 0 bridgehead atoms. The number of hydrogen-bond acceptors (Lipinski definition) is 3. The normalized spacial score (nSPS) is 11.9. The molecule has 18 heavy (non-hydrogen) atoms. The van der Waals surface area contributed by atoms with Crippen LogP contribution in [0.3, 0.4) is 0 Å². The first-order valence-corrected chi connectivity index (χ1v) is 4.51. The molecule has 0 amide bonds. The van der Waals surface area contributed by atoms with Crippen molar-refractivity contribution in [3.05, 3.63) is 28.6 Å². The van der Waals surface area contributed by atoms with E-state index in [0.717, 1.165) is 0 Å². The second-order valence-electron chi connectivity index (χ2n) is 3.23. The smallest absolute Gasteiger partial charge is 0.419 e. The molecule has 0 radical (unpaired) electrons. The number of aromatic carboxylic acids is 1. The average Bonchev–Trinajstić information content (AvgIpc) is 2.25. The van der Waals surface area contributed by atoms with Crippen molar-refractivity contribution in [2.75, 3.05) is 0 Å². The van der Waals surface area contributed by atoms with E-state index in [1.54, 1.807) is 0 Å². The van der Waals surface area contributed by atoms with Crippen LogP contribution in [0.4, 0.5) is 22.0 Å². The standard InChI is InChI=1S/C9H7F5N2O2/c10-7(11)4-1-3(2-15)16-6(8(17)18)5(4)9(12,13)14/h1,7H,2,15H2,(H,17,18). The van der Waals surface area contributed by atoms with Crippen LogP contribution < -0.4 is 5.73 Å². The van der Waals surface area contributed by atoms with Gasteiger partial charge in [0.15, 0.2) is 5.69 Å². The SMILES string of the molecule is NCc1cc(C(F)F)c(C(F)(F)F)c(C(=O)O)n1. The average molecular weight is 270 g/mol. The number of carboxylic acids is 1. The maximum absolute atomic E-state index is 12.6. The predicted octanol–water partition coefficient (Wildman–Crippen LogP) is 2.19. The Morgan fingerprint density at radius 3 is 2.33 bits per heavy atom. The minimum Gasteiger partial charge on any atom is -0.476 e. The van der Waals surface area contributed by atoms with E-state index in [-0.39, 0.29) is 5.69 Å². The number of hydrogen-bond donors (Lipinski definition) is 2. The molecular weight excluding hydrogens is 263 g/mol. The highest BCUT2D eigenvalue weighted by Crippen LogP contribution is 2.38. The van der Waals surface area contributed by atoms with Crippen molar-refractivity contribution in [1.29, 1.82) is 0 Å². The molecule has 1 aromatic rings. The molecule has 0 saturated heterocycles. The predicted molar refractivity (Wildman–Crippen MR) is 49.0 cm³/mol. The summed E-state index contributed by atoms with van der Waals surface area (Å²) in [5.74, 6) is -2.04. The molecule has 0 unspecified atom stereocenters. The van der Waals surface area contributed by atoms with Gasteiger partial charge in [0.2, 0.25) is 0 Å². The van der Waals surface area contributed by atoms with Gasteiger partial charge in [-0.25, -0.2) is 18.6 Å². The van der Waals surface area contributed by atoms with Crippen LogP contribution in [-0.4, -0.2) is 16.1 Å². The van der Waals surface area contributed by atoms with Gasteiger partial charge in [-0.15, -0.1) is 0 Å². The van der Waals surface area contributed by atoms with E-state index >= 15 is 0 Å². The Balaban J connectivity index is 3.67. The number of nitrogens with two attached hydrogens (primary N) is 1. The Morgan fingerprint density at radius 1 is 1.44 bits per heavy atom. The number of nitrogens with zero attached hydrogens (tertiary/aromatic N) is 1. The van der Waals surface area contributed by atoms with Crippen LogP contribution in [0.25, 0.3) is 0 Å². The highest BCUT2D eigenvalue weighted by molar-refractivity contribution is 5.88. The Labute approximate surface area is 97.2 Å². The summed E-state index contributed by atoms with van der Waals surface area (Å²) >= 11 is 0. The summed E-state index contributed by atoms with van der Waals surface area (Å²) < 4.78 is 62.9. The van der Waals surface area contributed by atoms with Gasteiger partial charge in [0.1, 0.15) is 0 Å². The monoisotopic (exact) mass is 270 g/mol. The lowest BCUT2D eigenvalue weighted by molar-refractivity contribution is -0.140. The molecule has 0 atom stereocenters. The summed E-state index contributed by atoms with van der Waals surface area (Å²) in [4.78, 5) is 13.8. The summed E-state index contributed by atoms with van der Waals surface area (Å²) in [7, 11) is 0. The topological polar surface area (TPSA) is 76.2 Å². The summed E-state index contributed by atoms with van der Waals surface area (Å²) in [6.07, 6.45) is -8.72. The van der Waals surface area contributed by atoms with Crippen molar-refractivity contribution >= 4 is 5.97 Å². The van der Waals surface area contributed by atoms with Crippen LogP contribution in [0.1, 0.15) is 33.7 Å². The number of aromatic nitrogens is 1. The molecule has 1 rings (SSSR count). The van der Waals surface area contributed by atoms with Gasteiger partial charge >= 0.3 is 12.1 Å². The summed E-state index contributed by atoms with van der Waals surface area (Å²) in [5, 5.41) is 8.61. The van der Waals surface area contributed by atoms with E-state index in [9.17, 15) is 26.7 Å². The van der Waals surface area contributed by atoms with Gasteiger partial charge < -0.3 is 10.8 Å². The molecule has 0 saturated carbocycles. The van der Waals surface area contributed by atoms with E-state index in [1.165, 1.54) is 0 Å². The number of carbonyl (C=O) groups is 1. The van der Waals surface area contributed by atoms with Gasteiger partial charge in [0.05, 0.1) is 11.3 Å². The van der Waals surface area contributed by atoms with Gasteiger partial charge in [-0.3, -0.25) is 0 Å². The number of carboxylic acid groups (broad SMARTS) is 1. The van der Waals surface area contributed by atoms with Crippen LogP contribution in [0, 0.1) is 0 Å². The molecule has 3 N–H and O–H groups in total. The molecule has 0 fully saturated rings. The molecule has 0 spiro atoms.